The van der Waals surface area contributed by atoms with Crippen molar-refractivity contribution in [1.29, 1.82) is 5.26 Å². The highest BCUT2D eigenvalue weighted by Gasteiger charge is 2.16. The number of non-ortho nitro benzene ring substituents is 1. The van der Waals surface area contributed by atoms with Crippen molar-refractivity contribution in [3.63, 3.8) is 0 Å². The Bertz CT molecular complexity index is 1040. The predicted molar refractivity (Wildman–Crippen MR) is 94.8 cm³/mol. The Morgan fingerprint density at radius 1 is 1.15 bits per heavy atom. The molecule has 0 aliphatic carbocycles. The highest BCUT2D eigenvalue weighted by atomic mass is 32.2. The van der Waals surface area contributed by atoms with Gasteiger partial charge in [0.1, 0.15) is 6.07 Å². The molecule has 3 aromatic rings. The van der Waals surface area contributed by atoms with Gasteiger partial charge in [0, 0.05) is 22.6 Å². The van der Waals surface area contributed by atoms with Crippen molar-refractivity contribution in [3.05, 3.63) is 52.1 Å². The van der Waals surface area contributed by atoms with Gasteiger partial charge in [-0.2, -0.15) is 5.26 Å². The van der Waals surface area contributed by atoms with Gasteiger partial charge in [0.2, 0.25) is 5.89 Å². The number of hydrogen-bond acceptors (Lipinski definition) is 9. The number of rotatable bonds is 6. The van der Waals surface area contributed by atoms with Gasteiger partial charge in [0.15, 0.2) is 11.5 Å². The van der Waals surface area contributed by atoms with Gasteiger partial charge in [-0.3, -0.25) is 10.1 Å². The van der Waals surface area contributed by atoms with E-state index in [1.54, 1.807) is 18.2 Å². The summed E-state index contributed by atoms with van der Waals surface area (Å²) < 4.78 is 16.1. The second-order valence-electron chi connectivity index (χ2n) is 5.09. The van der Waals surface area contributed by atoms with E-state index in [0.29, 0.717) is 22.0 Å². The van der Waals surface area contributed by atoms with Gasteiger partial charge in [0.05, 0.1) is 24.7 Å². The SMILES string of the molecule is COc1ccc(-c2nnc(Sc3ccc([N+](=O)[O-])cc3C#N)o2)cc1OC. The summed E-state index contributed by atoms with van der Waals surface area (Å²) in [5.41, 5.74) is 0.628. The minimum Gasteiger partial charge on any atom is -0.493 e. The second kappa shape index (κ2) is 7.76. The monoisotopic (exact) mass is 384 g/mol. The smallest absolute Gasteiger partial charge is 0.281 e. The van der Waals surface area contributed by atoms with E-state index in [9.17, 15) is 15.4 Å². The third kappa shape index (κ3) is 3.83. The van der Waals surface area contributed by atoms with E-state index in [4.69, 9.17) is 13.9 Å². The molecule has 9 nitrogen and oxygen atoms in total. The first-order valence-corrected chi connectivity index (χ1v) is 8.29. The molecule has 3 rings (SSSR count). The Kier molecular flexibility index (Phi) is 5.23. The summed E-state index contributed by atoms with van der Waals surface area (Å²) in [6, 6.07) is 11.1. The summed E-state index contributed by atoms with van der Waals surface area (Å²) in [7, 11) is 3.06. The van der Waals surface area contributed by atoms with Crippen LogP contribution in [-0.4, -0.2) is 29.3 Å². The van der Waals surface area contributed by atoms with E-state index < -0.39 is 4.92 Å². The number of benzene rings is 2. The first kappa shape index (κ1) is 18.2. The maximum atomic E-state index is 10.8. The van der Waals surface area contributed by atoms with Crippen molar-refractivity contribution < 1.29 is 18.8 Å². The lowest BCUT2D eigenvalue weighted by atomic mass is 10.2. The third-order valence-electron chi connectivity index (χ3n) is 3.53. The standard InChI is InChI=1S/C17H12N4O5S/c1-24-13-5-3-10(8-14(13)25-2)16-19-20-17(26-16)27-15-6-4-12(21(22)23)7-11(15)9-18/h3-8H,1-2H3. The van der Waals surface area contributed by atoms with Gasteiger partial charge >= 0.3 is 0 Å². The molecule has 0 N–H and O–H groups in total. The zero-order chi connectivity index (χ0) is 19.4. The number of nitro benzene ring substituents is 1. The quantitative estimate of drug-likeness (QED) is 0.462. The fourth-order valence-corrected chi connectivity index (χ4v) is 2.98. The number of aromatic nitrogens is 2. The normalized spacial score (nSPS) is 10.3. The molecule has 0 radical (unpaired) electrons. The highest BCUT2D eigenvalue weighted by molar-refractivity contribution is 7.99. The van der Waals surface area contributed by atoms with Crippen molar-refractivity contribution in [1.82, 2.24) is 10.2 Å². The van der Waals surface area contributed by atoms with Crippen LogP contribution in [0.5, 0.6) is 11.5 Å². The maximum Gasteiger partial charge on any atom is 0.281 e. The Hall–Kier alpha value is -3.58. The average molecular weight is 384 g/mol. The number of nitro groups is 1. The largest absolute Gasteiger partial charge is 0.493 e. The van der Waals surface area contributed by atoms with E-state index in [1.165, 1.54) is 32.4 Å². The number of hydrogen-bond donors (Lipinski definition) is 0. The summed E-state index contributed by atoms with van der Waals surface area (Å²) in [6.45, 7) is 0. The highest BCUT2D eigenvalue weighted by Crippen LogP contribution is 2.35. The summed E-state index contributed by atoms with van der Waals surface area (Å²) in [6.07, 6.45) is 0. The van der Waals surface area contributed by atoms with Crippen LogP contribution in [0.25, 0.3) is 11.5 Å². The number of methoxy groups -OCH3 is 2. The van der Waals surface area contributed by atoms with Gasteiger partial charge in [-0.25, -0.2) is 0 Å². The van der Waals surface area contributed by atoms with Gasteiger partial charge in [-0.15, -0.1) is 10.2 Å². The molecule has 0 fully saturated rings. The molecule has 0 saturated heterocycles. The van der Waals surface area contributed by atoms with Crippen molar-refractivity contribution >= 4 is 17.4 Å². The first-order valence-electron chi connectivity index (χ1n) is 7.48. The summed E-state index contributed by atoms with van der Waals surface area (Å²) in [5.74, 6) is 1.35. The molecule has 0 unspecified atom stereocenters. The lowest BCUT2D eigenvalue weighted by Crippen LogP contribution is -1.90. The van der Waals surface area contributed by atoms with E-state index in [-0.39, 0.29) is 22.4 Å². The summed E-state index contributed by atoms with van der Waals surface area (Å²) in [4.78, 5) is 10.7. The van der Waals surface area contributed by atoms with Gasteiger partial charge in [-0.1, -0.05) is 0 Å². The molecule has 0 saturated carbocycles. The van der Waals surface area contributed by atoms with Crippen LogP contribution in [0.2, 0.25) is 0 Å². The number of nitriles is 1. The zero-order valence-electron chi connectivity index (χ0n) is 14.2. The predicted octanol–water partition coefficient (Wildman–Crippen LogP) is 3.68. The van der Waals surface area contributed by atoms with Crippen molar-refractivity contribution in [2.45, 2.75) is 10.1 Å². The second-order valence-corrected chi connectivity index (χ2v) is 6.09. The molecule has 2 aromatic carbocycles. The maximum absolute atomic E-state index is 10.8. The molecule has 0 aliphatic heterocycles. The average Bonchev–Trinajstić information content (AvgIpc) is 3.16. The van der Waals surface area contributed by atoms with Crippen molar-refractivity contribution in [2.24, 2.45) is 0 Å². The van der Waals surface area contributed by atoms with E-state index >= 15 is 0 Å². The van der Waals surface area contributed by atoms with E-state index in [2.05, 4.69) is 10.2 Å². The molecule has 10 heteroatoms. The first-order chi connectivity index (χ1) is 13.0. The van der Waals surface area contributed by atoms with Crippen LogP contribution < -0.4 is 9.47 Å². The molecule has 27 heavy (non-hydrogen) atoms. The topological polar surface area (TPSA) is 124 Å². The molecule has 0 aliphatic rings. The van der Waals surface area contributed by atoms with Crippen LogP contribution in [0, 0.1) is 21.4 Å². The lowest BCUT2D eigenvalue weighted by Gasteiger charge is -2.07. The molecule has 1 heterocycles. The zero-order valence-corrected chi connectivity index (χ0v) is 15.0. The van der Waals surface area contributed by atoms with Crippen LogP contribution in [0.1, 0.15) is 5.56 Å². The minimum absolute atomic E-state index is 0.153. The number of ether oxygens (including phenoxy) is 2. The van der Waals surface area contributed by atoms with Gasteiger partial charge < -0.3 is 13.9 Å². The van der Waals surface area contributed by atoms with Crippen LogP contribution >= 0.6 is 11.8 Å². The van der Waals surface area contributed by atoms with Gasteiger partial charge in [-0.05, 0) is 36.0 Å². The Balaban J connectivity index is 1.87. The fourth-order valence-electron chi connectivity index (χ4n) is 2.24. The molecule has 0 bridgehead atoms. The van der Waals surface area contributed by atoms with Crippen LogP contribution in [0.4, 0.5) is 5.69 Å². The molecule has 136 valence electrons. The van der Waals surface area contributed by atoms with Crippen molar-refractivity contribution in [2.75, 3.05) is 14.2 Å². The molecule has 0 atom stereocenters. The Morgan fingerprint density at radius 3 is 2.59 bits per heavy atom. The van der Waals surface area contributed by atoms with E-state index in [0.717, 1.165) is 11.8 Å². The molecule has 1 aromatic heterocycles. The Labute approximate surface area is 157 Å². The fraction of sp³-hybridized carbons (Fsp3) is 0.118. The molecular formula is C17H12N4O5S. The van der Waals surface area contributed by atoms with Crippen LogP contribution in [0.15, 0.2) is 50.9 Å². The summed E-state index contributed by atoms with van der Waals surface area (Å²) >= 11 is 1.05. The number of nitrogens with zero attached hydrogens (tertiary/aromatic N) is 4. The Morgan fingerprint density at radius 2 is 1.93 bits per heavy atom. The van der Waals surface area contributed by atoms with Crippen molar-refractivity contribution in [3.8, 4) is 29.0 Å². The molecule has 0 amide bonds. The van der Waals surface area contributed by atoms with Gasteiger partial charge in [0.25, 0.3) is 10.9 Å². The van der Waals surface area contributed by atoms with Crippen LogP contribution in [-0.2, 0) is 0 Å². The summed E-state index contributed by atoms with van der Waals surface area (Å²) in [5, 5.41) is 28.2. The molecule has 0 spiro atoms. The lowest BCUT2D eigenvalue weighted by molar-refractivity contribution is -0.384. The molecular weight excluding hydrogens is 372 g/mol. The third-order valence-corrected chi connectivity index (χ3v) is 4.44. The minimum atomic E-state index is -0.558. The van der Waals surface area contributed by atoms with E-state index in [1.807, 2.05) is 6.07 Å². The van der Waals surface area contributed by atoms with Crippen LogP contribution in [0.3, 0.4) is 0 Å².